The van der Waals surface area contributed by atoms with Gasteiger partial charge in [0.2, 0.25) is 5.91 Å². The molecular weight excluding hydrogens is 216 g/mol. The van der Waals surface area contributed by atoms with Crippen molar-refractivity contribution in [1.29, 1.82) is 0 Å². The van der Waals surface area contributed by atoms with Crippen LogP contribution >= 0.6 is 0 Å². The number of hydrogen-bond acceptors (Lipinski definition) is 3. The molecule has 0 atom stereocenters. The second kappa shape index (κ2) is 4.94. The standard InChI is InChI=1S/C13H26N2O2/c1-5-12(6-2,7-14)11(16)15-8-13(17,9-15)10(3)4/h10,17H,5-9,14H2,1-4H3. The highest BCUT2D eigenvalue weighted by atomic mass is 16.3. The summed E-state index contributed by atoms with van der Waals surface area (Å²) in [6.45, 7) is 9.26. The molecule has 3 N–H and O–H groups in total. The van der Waals surface area contributed by atoms with E-state index in [0.29, 0.717) is 19.6 Å². The number of hydrogen-bond donors (Lipinski definition) is 2. The van der Waals surface area contributed by atoms with Gasteiger partial charge in [0.1, 0.15) is 5.60 Å². The SMILES string of the molecule is CCC(CC)(CN)C(=O)N1CC(O)(C(C)C)C1. The Hall–Kier alpha value is -0.610. The Morgan fingerprint density at radius 2 is 1.88 bits per heavy atom. The number of nitrogens with two attached hydrogens (primary N) is 1. The van der Waals surface area contributed by atoms with Crippen LogP contribution in [0.1, 0.15) is 40.5 Å². The van der Waals surface area contributed by atoms with E-state index in [9.17, 15) is 9.90 Å². The molecule has 0 aromatic heterocycles. The molecule has 4 heteroatoms. The van der Waals surface area contributed by atoms with E-state index in [1.54, 1.807) is 4.90 Å². The molecule has 1 amide bonds. The van der Waals surface area contributed by atoms with E-state index < -0.39 is 11.0 Å². The maximum atomic E-state index is 12.4. The Labute approximate surface area is 104 Å². The van der Waals surface area contributed by atoms with Gasteiger partial charge >= 0.3 is 0 Å². The number of nitrogens with zero attached hydrogens (tertiary/aromatic N) is 1. The average molecular weight is 242 g/mol. The average Bonchev–Trinajstić information content (AvgIpc) is 2.27. The third-order valence-electron chi connectivity index (χ3n) is 4.49. The number of likely N-dealkylation sites (tertiary alicyclic amines) is 1. The van der Waals surface area contributed by atoms with Crippen LogP contribution in [-0.2, 0) is 4.79 Å². The molecule has 0 unspecified atom stereocenters. The monoisotopic (exact) mass is 242 g/mol. The van der Waals surface area contributed by atoms with Crippen molar-refractivity contribution in [2.75, 3.05) is 19.6 Å². The van der Waals surface area contributed by atoms with E-state index in [2.05, 4.69) is 0 Å². The van der Waals surface area contributed by atoms with E-state index in [-0.39, 0.29) is 11.8 Å². The molecule has 1 aliphatic heterocycles. The Balaban J connectivity index is 2.68. The van der Waals surface area contributed by atoms with E-state index in [1.165, 1.54) is 0 Å². The topological polar surface area (TPSA) is 66.6 Å². The highest BCUT2D eigenvalue weighted by molar-refractivity contribution is 5.84. The van der Waals surface area contributed by atoms with Crippen LogP contribution < -0.4 is 5.73 Å². The van der Waals surface area contributed by atoms with Gasteiger partial charge in [-0.15, -0.1) is 0 Å². The molecule has 0 radical (unpaired) electrons. The largest absolute Gasteiger partial charge is 0.386 e. The Morgan fingerprint density at radius 3 is 2.18 bits per heavy atom. The lowest BCUT2D eigenvalue weighted by atomic mass is 9.76. The van der Waals surface area contributed by atoms with E-state index in [0.717, 1.165) is 12.8 Å². The zero-order valence-corrected chi connectivity index (χ0v) is 11.5. The van der Waals surface area contributed by atoms with Gasteiger partial charge in [0.25, 0.3) is 0 Å². The summed E-state index contributed by atoms with van der Waals surface area (Å²) in [6.07, 6.45) is 1.52. The van der Waals surface area contributed by atoms with Gasteiger partial charge in [-0.05, 0) is 18.8 Å². The molecule has 4 nitrogen and oxygen atoms in total. The summed E-state index contributed by atoms with van der Waals surface area (Å²) >= 11 is 0. The van der Waals surface area contributed by atoms with Gasteiger partial charge in [-0.2, -0.15) is 0 Å². The first kappa shape index (κ1) is 14.5. The van der Waals surface area contributed by atoms with Crippen molar-refractivity contribution >= 4 is 5.91 Å². The maximum absolute atomic E-state index is 12.4. The predicted octanol–water partition coefficient (Wildman–Crippen LogP) is 0.981. The second-order valence-electron chi connectivity index (χ2n) is 5.61. The van der Waals surface area contributed by atoms with Gasteiger partial charge in [-0.25, -0.2) is 0 Å². The summed E-state index contributed by atoms with van der Waals surface area (Å²) in [7, 11) is 0. The van der Waals surface area contributed by atoms with E-state index >= 15 is 0 Å². The van der Waals surface area contributed by atoms with Crippen LogP contribution in [0.5, 0.6) is 0 Å². The van der Waals surface area contributed by atoms with Crippen molar-refractivity contribution in [3.63, 3.8) is 0 Å². The van der Waals surface area contributed by atoms with Crippen LogP contribution in [-0.4, -0.2) is 41.1 Å². The maximum Gasteiger partial charge on any atom is 0.230 e. The Kier molecular flexibility index (Phi) is 4.20. The summed E-state index contributed by atoms with van der Waals surface area (Å²) < 4.78 is 0. The Bertz CT molecular complexity index is 271. The van der Waals surface area contributed by atoms with Gasteiger partial charge < -0.3 is 15.7 Å². The lowest BCUT2D eigenvalue weighted by Crippen LogP contribution is -2.68. The zero-order valence-electron chi connectivity index (χ0n) is 11.5. The van der Waals surface area contributed by atoms with Crippen LogP contribution in [0.2, 0.25) is 0 Å². The van der Waals surface area contributed by atoms with Gasteiger partial charge in [-0.1, -0.05) is 27.7 Å². The van der Waals surface area contributed by atoms with Gasteiger partial charge in [0, 0.05) is 6.54 Å². The lowest BCUT2D eigenvalue weighted by Gasteiger charge is -2.51. The molecule has 1 saturated heterocycles. The molecule has 0 saturated carbocycles. The van der Waals surface area contributed by atoms with Gasteiger partial charge in [0.15, 0.2) is 0 Å². The van der Waals surface area contributed by atoms with Crippen molar-refractivity contribution in [2.45, 2.75) is 46.1 Å². The number of rotatable bonds is 5. The van der Waals surface area contributed by atoms with Gasteiger partial charge in [-0.3, -0.25) is 4.79 Å². The second-order valence-corrected chi connectivity index (χ2v) is 5.61. The first-order valence-electron chi connectivity index (χ1n) is 6.57. The molecule has 1 heterocycles. The van der Waals surface area contributed by atoms with Crippen LogP contribution in [0.4, 0.5) is 0 Å². The fourth-order valence-corrected chi connectivity index (χ4v) is 2.39. The summed E-state index contributed by atoms with van der Waals surface area (Å²) in [5, 5.41) is 10.2. The molecule has 1 fully saturated rings. The number of amides is 1. The zero-order chi connectivity index (χ0) is 13.3. The summed E-state index contributed by atoms with van der Waals surface area (Å²) in [5.74, 6) is 0.289. The third-order valence-corrected chi connectivity index (χ3v) is 4.49. The van der Waals surface area contributed by atoms with E-state index in [4.69, 9.17) is 5.73 Å². The predicted molar refractivity (Wildman–Crippen MR) is 68.4 cm³/mol. The van der Waals surface area contributed by atoms with Crippen LogP contribution in [0.3, 0.4) is 0 Å². The van der Waals surface area contributed by atoms with Crippen LogP contribution in [0.25, 0.3) is 0 Å². The number of aliphatic hydroxyl groups is 1. The first-order valence-corrected chi connectivity index (χ1v) is 6.57. The minimum atomic E-state index is -0.697. The summed E-state index contributed by atoms with van der Waals surface area (Å²) in [5.41, 5.74) is 4.63. The molecule has 0 bridgehead atoms. The molecule has 1 rings (SSSR count). The number of carbonyl (C=O) groups is 1. The van der Waals surface area contributed by atoms with E-state index in [1.807, 2.05) is 27.7 Å². The van der Waals surface area contributed by atoms with Crippen LogP contribution in [0, 0.1) is 11.3 Å². The van der Waals surface area contributed by atoms with Crippen molar-refractivity contribution in [2.24, 2.45) is 17.1 Å². The lowest BCUT2D eigenvalue weighted by molar-refractivity contribution is -0.173. The van der Waals surface area contributed by atoms with Crippen molar-refractivity contribution < 1.29 is 9.90 Å². The van der Waals surface area contributed by atoms with Gasteiger partial charge in [0.05, 0.1) is 18.5 Å². The third kappa shape index (κ3) is 2.33. The molecule has 100 valence electrons. The molecule has 1 aliphatic rings. The fraction of sp³-hybridized carbons (Fsp3) is 0.923. The summed E-state index contributed by atoms with van der Waals surface area (Å²) in [4.78, 5) is 14.1. The summed E-state index contributed by atoms with van der Waals surface area (Å²) in [6, 6.07) is 0. The van der Waals surface area contributed by atoms with Crippen molar-refractivity contribution in [3.8, 4) is 0 Å². The highest BCUT2D eigenvalue weighted by Gasteiger charge is 2.49. The quantitative estimate of drug-likeness (QED) is 0.755. The molecule has 0 aromatic carbocycles. The molecular formula is C13H26N2O2. The number of β-amino-alcohol motifs (C(OH)–C–C–N with tert-alkyl or cyclic N) is 1. The van der Waals surface area contributed by atoms with Crippen LogP contribution in [0.15, 0.2) is 0 Å². The normalized spacial score (nSPS) is 19.4. The highest BCUT2D eigenvalue weighted by Crippen LogP contribution is 2.35. The van der Waals surface area contributed by atoms with Crippen molar-refractivity contribution in [3.05, 3.63) is 0 Å². The first-order chi connectivity index (χ1) is 7.85. The molecule has 17 heavy (non-hydrogen) atoms. The molecule has 0 aliphatic carbocycles. The fourth-order valence-electron chi connectivity index (χ4n) is 2.39. The number of carbonyl (C=O) groups excluding carboxylic acids is 1. The minimum Gasteiger partial charge on any atom is -0.386 e. The van der Waals surface area contributed by atoms with Crippen molar-refractivity contribution in [1.82, 2.24) is 4.90 Å². The molecule has 0 spiro atoms. The molecule has 0 aromatic rings. The minimum absolute atomic E-state index is 0.107. The Morgan fingerprint density at radius 1 is 1.41 bits per heavy atom. The smallest absolute Gasteiger partial charge is 0.230 e.